The number of hydrogen-bond acceptors (Lipinski definition) is 4. The molecule has 1 fully saturated rings. The Hall–Kier alpha value is -1.42. The normalized spacial score (nSPS) is 23.0. The number of anilines is 1. The molecule has 2 aliphatic rings. The van der Waals surface area contributed by atoms with Crippen LogP contribution in [0.15, 0.2) is 18.2 Å². The number of fused-ring (bicyclic) bond motifs is 1. The Bertz CT molecular complexity index is 436. The van der Waals surface area contributed by atoms with Crippen LogP contribution in [0.2, 0.25) is 0 Å². The minimum Gasteiger partial charge on any atom is -0.486 e. The summed E-state index contributed by atoms with van der Waals surface area (Å²) in [4.78, 5) is 2.45. The van der Waals surface area contributed by atoms with Crippen LogP contribution < -0.4 is 19.7 Å². The van der Waals surface area contributed by atoms with E-state index in [9.17, 15) is 0 Å². The van der Waals surface area contributed by atoms with Crippen molar-refractivity contribution < 1.29 is 9.47 Å². The second-order valence-electron chi connectivity index (χ2n) is 5.19. The molecule has 4 nitrogen and oxygen atoms in total. The Morgan fingerprint density at radius 2 is 2.11 bits per heavy atom. The Balaban J connectivity index is 1.80. The summed E-state index contributed by atoms with van der Waals surface area (Å²) in [6.45, 7) is 6.82. The van der Waals surface area contributed by atoms with Gasteiger partial charge in [-0.2, -0.15) is 0 Å². The molecule has 1 unspecified atom stereocenters. The van der Waals surface area contributed by atoms with Crippen LogP contribution in [0.25, 0.3) is 0 Å². The molecule has 104 valence electrons. The van der Waals surface area contributed by atoms with E-state index in [-0.39, 0.29) is 0 Å². The van der Waals surface area contributed by atoms with Gasteiger partial charge in [-0.3, -0.25) is 0 Å². The van der Waals surface area contributed by atoms with Crippen LogP contribution in [0.1, 0.15) is 19.8 Å². The number of ether oxygens (including phenoxy) is 2. The van der Waals surface area contributed by atoms with Crippen molar-refractivity contribution in [3.05, 3.63) is 18.2 Å². The zero-order valence-electron chi connectivity index (χ0n) is 11.5. The molecule has 2 aliphatic heterocycles. The van der Waals surface area contributed by atoms with Crippen molar-refractivity contribution in [2.45, 2.75) is 25.8 Å². The van der Waals surface area contributed by atoms with Gasteiger partial charge in [0.05, 0.1) is 0 Å². The highest BCUT2D eigenvalue weighted by Crippen LogP contribution is 2.34. The largest absolute Gasteiger partial charge is 0.486 e. The molecule has 1 saturated heterocycles. The minimum absolute atomic E-state index is 0.579. The maximum atomic E-state index is 5.67. The number of benzene rings is 1. The van der Waals surface area contributed by atoms with Gasteiger partial charge in [-0.1, -0.05) is 6.92 Å². The average Bonchev–Trinajstić information content (AvgIpc) is 2.72. The van der Waals surface area contributed by atoms with Crippen molar-refractivity contribution in [2.24, 2.45) is 0 Å². The zero-order chi connectivity index (χ0) is 13.1. The summed E-state index contributed by atoms with van der Waals surface area (Å²) >= 11 is 0. The molecule has 1 atom stereocenters. The summed E-state index contributed by atoms with van der Waals surface area (Å²) in [6, 6.07) is 6.87. The van der Waals surface area contributed by atoms with Gasteiger partial charge in [0.2, 0.25) is 0 Å². The Labute approximate surface area is 114 Å². The summed E-state index contributed by atoms with van der Waals surface area (Å²) in [6.07, 6.45) is 2.35. The van der Waals surface area contributed by atoms with Gasteiger partial charge in [0.15, 0.2) is 11.5 Å². The van der Waals surface area contributed by atoms with Gasteiger partial charge in [0.1, 0.15) is 13.2 Å². The molecule has 2 heterocycles. The van der Waals surface area contributed by atoms with Crippen LogP contribution in [0.4, 0.5) is 5.69 Å². The van der Waals surface area contributed by atoms with Crippen molar-refractivity contribution in [3.8, 4) is 11.5 Å². The fourth-order valence-electron chi connectivity index (χ4n) is 2.73. The van der Waals surface area contributed by atoms with E-state index in [4.69, 9.17) is 9.47 Å². The van der Waals surface area contributed by atoms with E-state index in [2.05, 4.69) is 29.3 Å². The number of nitrogens with one attached hydrogen (secondary N) is 1. The van der Waals surface area contributed by atoms with E-state index in [1.54, 1.807) is 0 Å². The molecule has 0 radical (unpaired) electrons. The second-order valence-corrected chi connectivity index (χ2v) is 5.19. The summed E-state index contributed by atoms with van der Waals surface area (Å²) in [5.74, 6) is 1.75. The van der Waals surface area contributed by atoms with Crippen LogP contribution in [0.3, 0.4) is 0 Å². The maximum absolute atomic E-state index is 5.67. The van der Waals surface area contributed by atoms with Crippen LogP contribution in [0, 0.1) is 0 Å². The molecule has 1 aromatic carbocycles. The summed E-state index contributed by atoms with van der Waals surface area (Å²) in [5, 5.41) is 3.60. The standard InChI is InChI=1S/C15H22N2O2/c1-2-12-11-17(7-3-6-16-12)13-4-5-14-15(10-13)19-9-8-18-14/h4-5,10,12,16H,2-3,6-9,11H2,1H3. The lowest BCUT2D eigenvalue weighted by Crippen LogP contribution is -2.37. The van der Waals surface area contributed by atoms with Gasteiger partial charge in [0, 0.05) is 30.9 Å². The topological polar surface area (TPSA) is 33.7 Å². The van der Waals surface area contributed by atoms with Crippen molar-refractivity contribution >= 4 is 5.69 Å². The van der Waals surface area contributed by atoms with Crippen molar-refractivity contribution in [1.82, 2.24) is 5.32 Å². The first-order valence-corrected chi connectivity index (χ1v) is 7.25. The highest BCUT2D eigenvalue weighted by molar-refractivity contribution is 5.57. The highest BCUT2D eigenvalue weighted by atomic mass is 16.6. The molecule has 0 bridgehead atoms. The summed E-state index contributed by atoms with van der Waals surface area (Å²) in [7, 11) is 0. The van der Waals surface area contributed by atoms with E-state index in [1.807, 2.05) is 6.07 Å². The van der Waals surface area contributed by atoms with Crippen molar-refractivity contribution in [2.75, 3.05) is 37.7 Å². The third-order valence-corrected chi connectivity index (χ3v) is 3.86. The second kappa shape index (κ2) is 5.70. The Kier molecular flexibility index (Phi) is 3.78. The minimum atomic E-state index is 0.579. The molecular formula is C15H22N2O2. The molecule has 0 saturated carbocycles. The van der Waals surface area contributed by atoms with E-state index in [0.29, 0.717) is 19.3 Å². The van der Waals surface area contributed by atoms with Gasteiger partial charge >= 0.3 is 0 Å². The fourth-order valence-corrected chi connectivity index (χ4v) is 2.73. The van der Waals surface area contributed by atoms with E-state index < -0.39 is 0 Å². The average molecular weight is 262 g/mol. The third kappa shape index (κ3) is 2.78. The van der Waals surface area contributed by atoms with Crippen LogP contribution in [-0.2, 0) is 0 Å². The lowest BCUT2D eigenvalue weighted by atomic mass is 10.2. The van der Waals surface area contributed by atoms with E-state index >= 15 is 0 Å². The molecular weight excluding hydrogens is 240 g/mol. The first-order chi connectivity index (χ1) is 9.36. The molecule has 4 heteroatoms. The number of hydrogen-bond donors (Lipinski definition) is 1. The molecule has 0 aliphatic carbocycles. The van der Waals surface area contributed by atoms with E-state index in [0.717, 1.165) is 31.1 Å². The third-order valence-electron chi connectivity index (χ3n) is 3.86. The highest BCUT2D eigenvalue weighted by Gasteiger charge is 2.19. The lowest BCUT2D eigenvalue weighted by Gasteiger charge is -2.27. The molecule has 0 amide bonds. The smallest absolute Gasteiger partial charge is 0.163 e. The Morgan fingerprint density at radius 3 is 2.95 bits per heavy atom. The molecule has 19 heavy (non-hydrogen) atoms. The van der Waals surface area contributed by atoms with Crippen LogP contribution >= 0.6 is 0 Å². The number of rotatable bonds is 2. The molecule has 1 aromatic rings. The van der Waals surface area contributed by atoms with Gasteiger partial charge in [-0.25, -0.2) is 0 Å². The molecule has 0 aromatic heterocycles. The molecule has 3 rings (SSSR count). The molecule has 0 spiro atoms. The summed E-state index contributed by atoms with van der Waals surface area (Å²) < 4.78 is 11.2. The van der Waals surface area contributed by atoms with Gasteiger partial charge in [-0.15, -0.1) is 0 Å². The first kappa shape index (κ1) is 12.6. The van der Waals surface area contributed by atoms with Crippen molar-refractivity contribution in [1.29, 1.82) is 0 Å². The van der Waals surface area contributed by atoms with Gasteiger partial charge in [0.25, 0.3) is 0 Å². The maximum Gasteiger partial charge on any atom is 0.163 e. The molecule has 1 N–H and O–H groups in total. The Morgan fingerprint density at radius 1 is 1.26 bits per heavy atom. The quantitative estimate of drug-likeness (QED) is 0.884. The predicted octanol–water partition coefficient (Wildman–Crippen LogP) is 2.04. The first-order valence-electron chi connectivity index (χ1n) is 7.25. The lowest BCUT2D eigenvalue weighted by molar-refractivity contribution is 0.171. The van der Waals surface area contributed by atoms with Crippen molar-refractivity contribution in [3.63, 3.8) is 0 Å². The predicted molar refractivity (Wildman–Crippen MR) is 76.3 cm³/mol. The van der Waals surface area contributed by atoms with Crippen LogP contribution in [0.5, 0.6) is 11.5 Å². The fraction of sp³-hybridized carbons (Fsp3) is 0.600. The van der Waals surface area contributed by atoms with E-state index in [1.165, 1.54) is 18.5 Å². The van der Waals surface area contributed by atoms with Gasteiger partial charge < -0.3 is 19.7 Å². The number of nitrogens with zero attached hydrogens (tertiary/aromatic N) is 1. The SMILES string of the molecule is CCC1CN(c2ccc3c(c2)OCCO3)CCCN1. The zero-order valence-corrected chi connectivity index (χ0v) is 11.5. The monoisotopic (exact) mass is 262 g/mol. The summed E-state index contributed by atoms with van der Waals surface area (Å²) in [5.41, 5.74) is 1.24. The van der Waals surface area contributed by atoms with Gasteiger partial charge in [-0.05, 0) is 31.5 Å². The van der Waals surface area contributed by atoms with Crippen LogP contribution in [-0.4, -0.2) is 38.9 Å².